The summed E-state index contributed by atoms with van der Waals surface area (Å²) in [6.07, 6.45) is 4.43. The van der Waals surface area contributed by atoms with E-state index in [4.69, 9.17) is 14.2 Å². The number of nitrogens with one attached hydrogen (secondary N) is 1. The van der Waals surface area contributed by atoms with Crippen LogP contribution in [-0.4, -0.2) is 66.3 Å². The molecule has 10 nitrogen and oxygen atoms in total. The number of thioether (sulfide) groups is 1. The first-order chi connectivity index (χ1) is 15.4. The number of hydrogen-bond donors (Lipinski definition) is 1. The zero-order valence-electron chi connectivity index (χ0n) is 18.0. The first kappa shape index (κ1) is 23.1. The van der Waals surface area contributed by atoms with Crippen LogP contribution in [0.25, 0.3) is 6.08 Å². The second-order valence-electron chi connectivity index (χ2n) is 6.59. The maximum atomic E-state index is 12.7. The molecule has 0 radical (unpaired) electrons. The third kappa shape index (κ3) is 4.99. The molecule has 1 fully saturated rings. The first-order valence-corrected chi connectivity index (χ1v) is 10.3. The topological polar surface area (TPSA) is 120 Å². The molecule has 0 bridgehead atoms. The van der Waals surface area contributed by atoms with Gasteiger partial charge in [0.05, 0.1) is 38.1 Å². The van der Waals surface area contributed by atoms with Crippen molar-refractivity contribution in [1.29, 1.82) is 0 Å². The lowest BCUT2D eigenvalue weighted by atomic mass is 10.1. The average molecular weight is 458 g/mol. The van der Waals surface area contributed by atoms with Gasteiger partial charge in [-0.1, -0.05) is 0 Å². The van der Waals surface area contributed by atoms with Crippen molar-refractivity contribution in [3.8, 4) is 17.2 Å². The molecule has 32 heavy (non-hydrogen) atoms. The number of nitrogens with zero attached hydrogens (tertiary/aromatic N) is 3. The largest absolute Gasteiger partial charge is 0.493 e. The van der Waals surface area contributed by atoms with E-state index in [2.05, 4.69) is 15.3 Å². The van der Waals surface area contributed by atoms with Gasteiger partial charge in [0.25, 0.3) is 17.1 Å². The van der Waals surface area contributed by atoms with Crippen molar-refractivity contribution in [2.24, 2.45) is 0 Å². The molecule has 1 saturated heterocycles. The lowest BCUT2D eigenvalue weighted by molar-refractivity contribution is -0.122. The third-order valence-corrected chi connectivity index (χ3v) is 5.40. The lowest BCUT2D eigenvalue weighted by Crippen LogP contribution is -2.37. The molecular weight excluding hydrogens is 436 g/mol. The Hall–Kier alpha value is -3.60. The summed E-state index contributed by atoms with van der Waals surface area (Å²) in [5.41, 5.74) is 1.46. The zero-order valence-corrected chi connectivity index (χ0v) is 18.8. The summed E-state index contributed by atoms with van der Waals surface area (Å²) in [5, 5.41) is 2.21. The Morgan fingerprint density at radius 3 is 2.34 bits per heavy atom. The summed E-state index contributed by atoms with van der Waals surface area (Å²) in [6, 6.07) is 3.36. The molecule has 1 aliphatic rings. The minimum absolute atomic E-state index is 0.0301. The van der Waals surface area contributed by atoms with E-state index in [0.717, 1.165) is 16.7 Å². The van der Waals surface area contributed by atoms with E-state index in [1.54, 1.807) is 25.1 Å². The summed E-state index contributed by atoms with van der Waals surface area (Å²) >= 11 is 0.821. The summed E-state index contributed by atoms with van der Waals surface area (Å²) in [4.78, 5) is 46.5. The van der Waals surface area contributed by atoms with Crippen molar-refractivity contribution in [1.82, 2.24) is 20.2 Å². The number of ether oxygens (including phenoxy) is 3. The van der Waals surface area contributed by atoms with Crippen molar-refractivity contribution in [3.63, 3.8) is 0 Å². The molecule has 0 unspecified atom stereocenters. The predicted octanol–water partition coefficient (Wildman–Crippen LogP) is 2.28. The predicted molar refractivity (Wildman–Crippen MR) is 118 cm³/mol. The number of carbonyl (C=O) groups excluding carboxylic acids is 3. The van der Waals surface area contributed by atoms with Crippen LogP contribution in [-0.2, 0) is 4.79 Å². The molecule has 0 atom stereocenters. The van der Waals surface area contributed by atoms with Crippen LogP contribution in [0.15, 0.2) is 29.4 Å². The van der Waals surface area contributed by atoms with Crippen molar-refractivity contribution in [2.45, 2.75) is 6.92 Å². The second-order valence-corrected chi connectivity index (χ2v) is 7.58. The number of methoxy groups -OCH3 is 3. The van der Waals surface area contributed by atoms with Crippen LogP contribution in [0.1, 0.15) is 21.7 Å². The fourth-order valence-corrected chi connectivity index (χ4v) is 3.78. The Labute approximate surface area is 189 Å². The Kier molecular flexibility index (Phi) is 7.31. The van der Waals surface area contributed by atoms with E-state index in [9.17, 15) is 14.4 Å². The molecule has 2 heterocycles. The maximum absolute atomic E-state index is 12.7. The van der Waals surface area contributed by atoms with Crippen LogP contribution >= 0.6 is 11.8 Å². The zero-order chi connectivity index (χ0) is 23.3. The molecule has 2 aromatic rings. The minimum atomic E-state index is -0.446. The van der Waals surface area contributed by atoms with Gasteiger partial charge in [0, 0.05) is 19.3 Å². The van der Waals surface area contributed by atoms with Gasteiger partial charge in [-0.2, -0.15) is 0 Å². The minimum Gasteiger partial charge on any atom is -0.493 e. The van der Waals surface area contributed by atoms with Crippen LogP contribution < -0.4 is 19.5 Å². The molecular formula is C21H22N4O6S. The first-order valence-electron chi connectivity index (χ1n) is 9.50. The van der Waals surface area contributed by atoms with Crippen molar-refractivity contribution in [3.05, 3.63) is 46.4 Å². The highest BCUT2D eigenvalue weighted by molar-refractivity contribution is 8.18. The highest BCUT2D eigenvalue weighted by Gasteiger charge is 2.34. The van der Waals surface area contributed by atoms with E-state index < -0.39 is 17.1 Å². The number of aryl methyl sites for hydroxylation is 1. The number of hydrogen-bond acceptors (Lipinski definition) is 9. The van der Waals surface area contributed by atoms with E-state index in [-0.39, 0.29) is 23.7 Å². The molecule has 1 aromatic carbocycles. The summed E-state index contributed by atoms with van der Waals surface area (Å²) in [6.45, 7) is 1.88. The lowest BCUT2D eigenvalue weighted by Gasteiger charge is -2.13. The Morgan fingerprint density at radius 1 is 1.09 bits per heavy atom. The van der Waals surface area contributed by atoms with Gasteiger partial charge in [-0.3, -0.25) is 24.3 Å². The van der Waals surface area contributed by atoms with E-state index in [1.807, 2.05) is 0 Å². The number of imide groups is 1. The molecule has 0 spiro atoms. The Morgan fingerprint density at radius 2 is 1.78 bits per heavy atom. The van der Waals surface area contributed by atoms with E-state index in [1.165, 1.54) is 33.7 Å². The monoisotopic (exact) mass is 458 g/mol. The molecule has 168 valence electrons. The van der Waals surface area contributed by atoms with Crippen LogP contribution in [0.4, 0.5) is 4.79 Å². The smallest absolute Gasteiger partial charge is 0.293 e. The summed E-state index contributed by atoms with van der Waals surface area (Å²) in [7, 11) is 4.48. The number of benzene rings is 1. The summed E-state index contributed by atoms with van der Waals surface area (Å²) in [5.74, 6) is 0.406. The number of rotatable bonds is 8. The van der Waals surface area contributed by atoms with Gasteiger partial charge in [0.15, 0.2) is 11.5 Å². The van der Waals surface area contributed by atoms with Crippen molar-refractivity contribution >= 4 is 34.9 Å². The van der Waals surface area contributed by atoms with E-state index >= 15 is 0 Å². The van der Waals surface area contributed by atoms with Crippen LogP contribution in [0.5, 0.6) is 17.2 Å². The van der Waals surface area contributed by atoms with E-state index in [0.29, 0.717) is 28.5 Å². The van der Waals surface area contributed by atoms with Crippen LogP contribution in [0.2, 0.25) is 0 Å². The third-order valence-electron chi connectivity index (χ3n) is 4.49. The second kappa shape index (κ2) is 10.1. The summed E-state index contributed by atoms with van der Waals surface area (Å²) < 4.78 is 15.9. The van der Waals surface area contributed by atoms with Gasteiger partial charge in [0.1, 0.15) is 5.69 Å². The number of amides is 3. The molecule has 1 N–H and O–H groups in total. The normalized spacial score (nSPS) is 14.6. The van der Waals surface area contributed by atoms with Crippen molar-refractivity contribution < 1.29 is 28.6 Å². The molecule has 1 aliphatic heterocycles. The Balaban J connectivity index is 1.68. The molecule has 0 saturated carbocycles. The van der Waals surface area contributed by atoms with Gasteiger partial charge < -0.3 is 19.5 Å². The quantitative estimate of drug-likeness (QED) is 0.594. The van der Waals surface area contributed by atoms with Gasteiger partial charge in [-0.25, -0.2) is 4.98 Å². The molecule has 3 amide bonds. The fraction of sp³-hybridized carbons (Fsp3) is 0.286. The van der Waals surface area contributed by atoms with Gasteiger partial charge >= 0.3 is 0 Å². The van der Waals surface area contributed by atoms with Gasteiger partial charge in [0.2, 0.25) is 5.75 Å². The van der Waals surface area contributed by atoms with Gasteiger partial charge in [-0.15, -0.1) is 0 Å². The standard InChI is InChI=1S/C21H22N4O6S/c1-12-10-24-14(11-23-12)19(26)22-5-6-25-20(27)17(32-21(25)28)9-13-7-15(29-2)18(31-4)16(8-13)30-3/h7-11H,5-6H2,1-4H3,(H,22,26)/b17-9+. The van der Waals surface area contributed by atoms with Crippen molar-refractivity contribution in [2.75, 3.05) is 34.4 Å². The maximum Gasteiger partial charge on any atom is 0.293 e. The fourth-order valence-electron chi connectivity index (χ4n) is 2.91. The van der Waals surface area contributed by atoms with Crippen LogP contribution in [0.3, 0.4) is 0 Å². The molecule has 0 aliphatic carbocycles. The number of aromatic nitrogens is 2. The number of carbonyl (C=O) groups is 3. The molecule has 1 aromatic heterocycles. The molecule has 11 heteroatoms. The molecule has 3 rings (SSSR count). The SMILES string of the molecule is COc1cc(/C=C2/SC(=O)N(CCNC(=O)c3cnc(C)cn3)C2=O)cc(OC)c1OC. The highest BCUT2D eigenvalue weighted by Crippen LogP contribution is 2.40. The highest BCUT2D eigenvalue weighted by atomic mass is 32.2. The average Bonchev–Trinajstić information content (AvgIpc) is 3.05. The van der Waals surface area contributed by atoms with Gasteiger partial charge in [-0.05, 0) is 42.5 Å². The Bertz CT molecular complexity index is 1050. The van der Waals surface area contributed by atoms with Crippen LogP contribution in [0, 0.1) is 6.92 Å².